The van der Waals surface area contributed by atoms with E-state index >= 15 is 0 Å². The van der Waals surface area contributed by atoms with E-state index in [-0.39, 0.29) is 5.97 Å². The molecule has 0 aliphatic rings. The third-order valence-electron chi connectivity index (χ3n) is 1.78. The number of rotatable bonds is 2. The Hall–Kier alpha value is -1.40. The predicted molar refractivity (Wildman–Crippen MR) is 63.1 cm³/mol. The predicted octanol–water partition coefficient (Wildman–Crippen LogP) is 2.14. The Kier molecular flexibility index (Phi) is 4.79. The van der Waals surface area contributed by atoms with Crippen LogP contribution in [0.5, 0.6) is 0 Å². The lowest BCUT2D eigenvalue weighted by atomic mass is 10.1. The van der Waals surface area contributed by atoms with Crippen LogP contribution in [0.3, 0.4) is 0 Å². The summed E-state index contributed by atoms with van der Waals surface area (Å²) < 4.78 is 4.59. The van der Waals surface area contributed by atoms with Crippen molar-refractivity contribution in [2.75, 3.05) is 12.9 Å². The number of carbonyl (C=O) groups excluding carboxylic acids is 1. The molecule has 0 bridgehead atoms. The summed E-state index contributed by atoms with van der Waals surface area (Å²) in [6.07, 6.45) is 0.766. The van der Waals surface area contributed by atoms with E-state index in [4.69, 9.17) is 0 Å². The first-order chi connectivity index (χ1) is 7.27. The first kappa shape index (κ1) is 11.7. The SMILES string of the molecule is COC(=O)c1ccc(C#CCCS)cc1. The van der Waals surface area contributed by atoms with Crippen LogP contribution in [0, 0.1) is 11.8 Å². The number of thiol groups is 1. The van der Waals surface area contributed by atoms with Gasteiger partial charge in [0.15, 0.2) is 0 Å². The maximum Gasteiger partial charge on any atom is 0.337 e. The third kappa shape index (κ3) is 3.69. The van der Waals surface area contributed by atoms with Gasteiger partial charge in [-0.3, -0.25) is 0 Å². The molecule has 1 aromatic carbocycles. The molecule has 1 rings (SSSR count). The minimum absolute atomic E-state index is 0.329. The average molecular weight is 220 g/mol. The summed E-state index contributed by atoms with van der Waals surface area (Å²) in [4.78, 5) is 11.1. The molecule has 0 amide bonds. The highest BCUT2D eigenvalue weighted by atomic mass is 32.1. The maximum atomic E-state index is 11.1. The average Bonchev–Trinajstić information content (AvgIpc) is 2.29. The van der Waals surface area contributed by atoms with Gasteiger partial charge in [0.1, 0.15) is 0 Å². The quantitative estimate of drug-likeness (QED) is 0.469. The fourth-order valence-corrected chi connectivity index (χ4v) is 1.14. The molecule has 0 spiro atoms. The van der Waals surface area contributed by atoms with E-state index in [1.165, 1.54) is 7.11 Å². The fraction of sp³-hybridized carbons (Fsp3) is 0.250. The van der Waals surface area contributed by atoms with Crippen LogP contribution in [0.2, 0.25) is 0 Å². The van der Waals surface area contributed by atoms with E-state index in [0.29, 0.717) is 5.56 Å². The van der Waals surface area contributed by atoms with E-state index < -0.39 is 0 Å². The van der Waals surface area contributed by atoms with Gasteiger partial charge in [0.2, 0.25) is 0 Å². The van der Waals surface area contributed by atoms with Crippen molar-refractivity contribution in [2.24, 2.45) is 0 Å². The van der Waals surface area contributed by atoms with Gasteiger partial charge in [-0.2, -0.15) is 12.6 Å². The van der Waals surface area contributed by atoms with Crippen LogP contribution < -0.4 is 0 Å². The molecule has 0 saturated carbocycles. The molecule has 0 heterocycles. The van der Waals surface area contributed by atoms with Gasteiger partial charge in [0.25, 0.3) is 0 Å². The van der Waals surface area contributed by atoms with Crippen molar-refractivity contribution in [3.8, 4) is 11.8 Å². The first-order valence-corrected chi connectivity index (χ1v) is 5.19. The fourth-order valence-electron chi connectivity index (χ4n) is 1.03. The highest BCUT2D eigenvalue weighted by Crippen LogP contribution is 2.04. The van der Waals surface area contributed by atoms with Crippen LogP contribution in [-0.2, 0) is 4.74 Å². The summed E-state index contributed by atoms with van der Waals surface area (Å²) in [5.41, 5.74) is 1.43. The van der Waals surface area contributed by atoms with Gasteiger partial charge in [0.05, 0.1) is 12.7 Å². The second-order valence-corrected chi connectivity index (χ2v) is 3.29. The molecular weight excluding hydrogens is 208 g/mol. The molecule has 78 valence electrons. The Morgan fingerprint density at radius 2 is 2.07 bits per heavy atom. The van der Waals surface area contributed by atoms with Crippen LogP contribution in [0.15, 0.2) is 24.3 Å². The Balaban J connectivity index is 2.73. The Bertz CT molecular complexity index is 384. The number of methoxy groups -OCH3 is 1. The van der Waals surface area contributed by atoms with E-state index in [9.17, 15) is 4.79 Å². The van der Waals surface area contributed by atoms with Gasteiger partial charge in [0, 0.05) is 17.7 Å². The van der Waals surface area contributed by atoms with E-state index in [2.05, 4.69) is 29.2 Å². The molecular formula is C12H12O2S. The Morgan fingerprint density at radius 3 is 2.60 bits per heavy atom. The summed E-state index contributed by atoms with van der Waals surface area (Å²) >= 11 is 4.06. The number of hydrogen-bond donors (Lipinski definition) is 1. The topological polar surface area (TPSA) is 26.3 Å². The summed E-state index contributed by atoms with van der Waals surface area (Å²) in [5, 5.41) is 0. The molecule has 0 aliphatic heterocycles. The molecule has 0 aliphatic carbocycles. The summed E-state index contributed by atoms with van der Waals surface area (Å²) in [7, 11) is 1.36. The monoisotopic (exact) mass is 220 g/mol. The minimum Gasteiger partial charge on any atom is -0.465 e. The Morgan fingerprint density at radius 1 is 1.40 bits per heavy atom. The number of ether oxygens (including phenoxy) is 1. The summed E-state index contributed by atoms with van der Waals surface area (Å²) in [6, 6.07) is 7.02. The zero-order chi connectivity index (χ0) is 11.1. The smallest absolute Gasteiger partial charge is 0.337 e. The van der Waals surface area contributed by atoms with Gasteiger partial charge in [-0.25, -0.2) is 4.79 Å². The molecule has 1 aromatic rings. The van der Waals surface area contributed by atoms with Gasteiger partial charge in [-0.15, -0.1) is 0 Å². The van der Waals surface area contributed by atoms with Crippen LogP contribution in [0.1, 0.15) is 22.3 Å². The second-order valence-electron chi connectivity index (χ2n) is 2.84. The van der Waals surface area contributed by atoms with Crippen molar-refractivity contribution in [2.45, 2.75) is 6.42 Å². The van der Waals surface area contributed by atoms with Crippen LogP contribution in [0.25, 0.3) is 0 Å². The van der Waals surface area contributed by atoms with Crippen molar-refractivity contribution in [3.63, 3.8) is 0 Å². The molecule has 3 heteroatoms. The molecule has 0 atom stereocenters. The minimum atomic E-state index is -0.329. The third-order valence-corrected chi connectivity index (χ3v) is 2.00. The van der Waals surface area contributed by atoms with Crippen LogP contribution >= 0.6 is 12.6 Å². The lowest BCUT2D eigenvalue weighted by molar-refractivity contribution is 0.0601. The Labute approximate surface area is 95.1 Å². The van der Waals surface area contributed by atoms with Crippen LogP contribution in [0.4, 0.5) is 0 Å². The van der Waals surface area contributed by atoms with Gasteiger partial charge >= 0.3 is 5.97 Å². The van der Waals surface area contributed by atoms with Crippen LogP contribution in [-0.4, -0.2) is 18.8 Å². The maximum absolute atomic E-state index is 11.1. The number of esters is 1. The molecule has 15 heavy (non-hydrogen) atoms. The van der Waals surface area contributed by atoms with Gasteiger partial charge in [-0.05, 0) is 24.3 Å². The van der Waals surface area contributed by atoms with Crippen molar-refractivity contribution in [3.05, 3.63) is 35.4 Å². The number of benzene rings is 1. The molecule has 0 aromatic heterocycles. The van der Waals surface area contributed by atoms with Crippen molar-refractivity contribution < 1.29 is 9.53 Å². The largest absolute Gasteiger partial charge is 0.465 e. The highest BCUT2D eigenvalue weighted by Gasteiger charge is 2.02. The lowest BCUT2D eigenvalue weighted by Gasteiger charge is -1.97. The van der Waals surface area contributed by atoms with Gasteiger partial charge < -0.3 is 4.74 Å². The molecule has 0 unspecified atom stereocenters. The zero-order valence-electron chi connectivity index (χ0n) is 8.49. The normalized spacial score (nSPS) is 8.93. The second kappa shape index (κ2) is 6.15. The summed E-state index contributed by atoms with van der Waals surface area (Å²) in [5.74, 6) is 6.38. The van der Waals surface area contributed by atoms with Crippen molar-refractivity contribution in [1.29, 1.82) is 0 Å². The van der Waals surface area contributed by atoms with E-state index in [1.54, 1.807) is 24.3 Å². The molecule has 0 N–H and O–H groups in total. The standard InChI is InChI=1S/C12H12O2S/c1-14-12(13)11-7-5-10(6-8-11)4-2-3-9-15/h5-8,15H,3,9H2,1H3. The number of hydrogen-bond acceptors (Lipinski definition) is 3. The first-order valence-electron chi connectivity index (χ1n) is 4.56. The molecule has 0 fully saturated rings. The molecule has 0 saturated heterocycles. The van der Waals surface area contributed by atoms with E-state index in [1.807, 2.05) is 0 Å². The van der Waals surface area contributed by atoms with E-state index in [0.717, 1.165) is 17.7 Å². The van der Waals surface area contributed by atoms with Crippen molar-refractivity contribution >= 4 is 18.6 Å². The summed E-state index contributed by atoms with van der Waals surface area (Å²) in [6.45, 7) is 0. The zero-order valence-corrected chi connectivity index (χ0v) is 9.38. The highest BCUT2D eigenvalue weighted by molar-refractivity contribution is 7.80. The lowest BCUT2D eigenvalue weighted by Crippen LogP contribution is -2.00. The number of carbonyl (C=O) groups is 1. The van der Waals surface area contributed by atoms with Crippen molar-refractivity contribution in [1.82, 2.24) is 0 Å². The molecule has 0 radical (unpaired) electrons. The van der Waals surface area contributed by atoms with Gasteiger partial charge in [-0.1, -0.05) is 11.8 Å². The molecule has 2 nitrogen and oxygen atoms in total.